The van der Waals surface area contributed by atoms with Crippen molar-refractivity contribution in [3.05, 3.63) is 22.7 Å². The normalized spacial score (nSPS) is 22.0. The molecule has 0 spiro atoms. The number of anilines is 1. The molecule has 5 heteroatoms. The van der Waals surface area contributed by atoms with Crippen LogP contribution in [0, 0.1) is 5.92 Å². The Morgan fingerprint density at radius 1 is 1.43 bits per heavy atom. The van der Waals surface area contributed by atoms with Crippen molar-refractivity contribution in [2.24, 2.45) is 5.92 Å². The first kappa shape index (κ1) is 14.6. The summed E-state index contributed by atoms with van der Waals surface area (Å²) in [7, 11) is 0. The molecule has 0 amide bonds. The second-order valence-electron chi connectivity index (χ2n) is 6.78. The van der Waals surface area contributed by atoms with Crippen LogP contribution in [-0.2, 0) is 6.54 Å². The van der Waals surface area contributed by atoms with Crippen molar-refractivity contribution in [1.29, 1.82) is 0 Å². The maximum atomic E-state index is 12.7. The summed E-state index contributed by atoms with van der Waals surface area (Å²) in [6.07, 6.45) is 8.40. The Labute approximate surface area is 126 Å². The molecule has 21 heavy (non-hydrogen) atoms. The third-order valence-electron chi connectivity index (χ3n) is 4.30. The lowest BCUT2D eigenvalue weighted by atomic mass is 10.2. The highest BCUT2D eigenvalue weighted by molar-refractivity contribution is 5.39. The third kappa shape index (κ3) is 3.46. The highest BCUT2D eigenvalue weighted by Gasteiger charge is 2.33. The molecule has 2 aliphatic rings. The second-order valence-corrected chi connectivity index (χ2v) is 6.78. The Bertz CT molecular complexity index is 529. The zero-order chi connectivity index (χ0) is 14.8. The summed E-state index contributed by atoms with van der Waals surface area (Å²) in [4.78, 5) is 19.4. The molecule has 1 atom stereocenters. The molecule has 2 fully saturated rings. The van der Waals surface area contributed by atoms with Crippen LogP contribution in [0.1, 0.15) is 39.5 Å². The predicted molar refractivity (Wildman–Crippen MR) is 84.7 cm³/mol. The molecule has 0 bridgehead atoms. The third-order valence-corrected chi connectivity index (χ3v) is 4.30. The quantitative estimate of drug-likeness (QED) is 0.865. The van der Waals surface area contributed by atoms with Crippen LogP contribution >= 0.6 is 0 Å². The van der Waals surface area contributed by atoms with E-state index in [1.165, 1.54) is 25.7 Å². The Morgan fingerprint density at radius 3 is 2.86 bits per heavy atom. The van der Waals surface area contributed by atoms with Crippen LogP contribution in [0.5, 0.6) is 0 Å². The minimum atomic E-state index is 0.0658. The van der Waals surface area contributed by atoms with Crippen LogP contribution in [0.25, 0.3) is 0 Å². The van der Waals surface area contributed by atoms with E-state index in [1.54, 1.807) is 6.20 Å². The van der Waals surface area contributed by atoms with Gasteiger partial charge in [0.1, 0.15) is 0 Å². The van der Waals surface area contributed by atoms with E-state index in [0.29, 0.717) is 23.8 Å². The lowest BCUT2D eigenvalue weighted by molar-refractivity contribution is 0.505. The number of nitrogens with one attached hydrogen (secondary N) is 1. The van der Waals surface area contributed by atoms with Crippen LogP contribution in [0.4, 0.5) is 5.82 Å². The van der Waals surface area contributed by atoms with Crippen molar-refractivity contribution in [3.8, 4) is 0 Å². The summed E-state index contributed by atoms with van der Waals surface area (Å²) in [5, 5.41) is 3.53. The van der Waals surface area contributed by atoms with Crippen LogP contribution in [0.15, 0.2) is 17.2 Å². The number of hydrogen-bond acceptors (Lipinski definition) is 4. The molecule has 1 saturated carbocycles. The fraction of sp³-hybridized carbons (Fsp3) is 0.750. The van der Waals surface area contributed by atoms with Crippen LogP contribution in [0.2, 0.25) is 0 Å². The molecule has 5 nitrogen and oxygen atoms in total. The van der Waals surface area contributed by atoms with Crippen molar-refractivity contribution in [2.75, 3.05) is 18.0 Å². The van der Waals surface area contributed by atoms with Crippen molar-refractivity contribution in [3.63, 3.8) is 0 Å². The minimum Gasteiger partial charge on any atom is -0.347 e. The monoisotopic (exact) mass is 290 g/mol. The molecule has 1 saturated heterocycles. The van der Waals surface area contributed by atoms with Gasteiger partial charge in [0.05, 0.1) is 0 Å². The molecule has 116 valence electrons. The maximum Gasteiger partial charge on any atom is 0.293 e. The van der Waals surface area contributed by atoms with Crippen LogP contribution < -0.4 is 15.8 Å². The summed E-state index contributed by atoms with van der Waals surface area (Å²) in [6.45, 7) is 7.04. The zero-order valence-corrected chi connectivity index (χ0v) is 13.1. The fourth-order valence-corrected chi connectivity index (χ4v) is 3.11. The van der Waals surface area contributed by atoms with Gasteiger partial charge < -0.3 is 14.8 Å². The zero-order valence-electron chi connectivity index (χ0n) is 13.1. The Morgan fingerprint density at radius 2 is 2.24 bits per heavy atom. The molecule has 1 aromatic rings. The lowest BCUT2D eigenvalue weighted by Crippen LogP contribution is -2.42. The first-order valence-electron chi connectivity index (χ1n) is 8.20. The molecule has 1 unspecified atom stereocenters. The average molecular weight is 290 g/mol. The van der Waals surface area contributed by atoms with E-state index in [2.05, 4.69) is 29.0 Å². The summed E-state index contributed by atoms with van der Waals surface area (Å²) >= 11 is 0. The first-order chi connectivity index (χ1) is 10.1. The molecule has 2 heterocycles. The van der Waals surface area contributed by atoms with Gasteiger partial charge in [0, 0.05) is 37.6 Å². The largest absolute Gasteiger partial charge is 0.347 e. The molecule has 1 aliphatic heterocycles. The van der Waals surface area contributed by atoms with Crippen LogP contribution in [0.3, 0.4) is 0 Å². The van der Waals surface area contributed by atoms with Crippen molar-refractivity contribution < 1.29 is 0 Å². The van der Waals surface area contributed by atoms with E-state index < -0.39 is 0 Å². The van der Waals surface area contributed by atoms with E-state index in [1.807, 2.05) is 10.8 Å². The number of rotatable bonds is 6. The van der Waals surface area contributed by atoms with Gasteiger partial charge in [-0.2, -0.15) is 0 Å². The SMILES string of the molecule is CC(C)Cn1ccnc(N(CC2CCCN2)C2CC2)c1=O. The smallest absolute Gasteiger partial charge is 0.293 e. The average Bonchev–Trinajstić information content (AvgIpc) is 3.16. The molecule has 0 aromatic carbocycles. The standard InChI is InChI=1S/C16H26N4O/c1-12(2)10-19-9-8-18-15(16(19)21)20(14-5-6-14)11-13-4-3-7-17-13/h8-9,12-14,17H,3-7,10-11H2,1-2H3. The second kappa shape index (κ2) is 6.18. The molecule has 3 rings (SSSR count). The maximum absolute atomic E-state index is 12.7. The highest BCUT2D eigenvalue weighted by atomic mass is 16.1. The van der Waals surface area contributed by atoms with Gasteiger partial charge in [-0.15, -0.1) is 0 Å². The lowest BCUT2D eigenvalue weighted by Gasteiger charge is -2.26. The minimum absolute atomic E-state index is 0.0658. The Kier molecular flexibility index (Phi) is 4.29. The molecule has 1 N–H and O–H groups in total. The molecule has 0 radical (unpaired) electrons. The molecular weight excluding hydrogens is 264 g/mol. The topological polar surface area (TPSA) is 50.2 Å². The van der Waals surface area contributed by atoms with Gasteiger partial charge in [-0.3, -0.25) is 4.79 Å². The molecule has 1 aromatic heterocycles. The van der Waals surface area contributed by atoms with E-state index in [9.17, 15) is 4.79 Å². The number of nitrogens with zero attached hydrogens (tertiary/aromatic N) is 3. The fourth-order valence-electron chi connectivity index (χ4n) is 3.11. The summed E-state index contributed by atoms with van der Waals surface area (Å²) in [5.41, 5.74) is 0.0658. The summed E-state index contributed by atoms with van der Waals surface area (Å²) in [6, 6.07) is 1.02. The highest BCUT2D eigenvalue weighted by Crippen LogP contribution is 2.29. The first-order valence-corrected chi connectivity index (χ1v) is 8.20. The van der Waals surface area contributed by atoms with Gasteiger partial charge in [-0.25, -0.2) is 4.98 Å². The van der Waals surface area contributed by atoms with Crippen LogP contribution in [-0.4, -0.2) is 34.7 Å². The van der Waals surface area contributed by atoms with Crippen molar-refractivity contribution >= 4 is 5.82 Å². The van der Waals surface area contributed by atoms with Gasteiger partial charge in [-0.05, 0) is 38.1 Å². The molecule has 1 aliphatic carbocycles. The van der Waals surface area contributed by atoms with Gasteiger partial charge in [0.2, 0.25) is 0 Å². The number of hydrogen-bond donors (Lipinski definition) is 1. The number of aromatic nitrogens is 2. The summed E-state index contributed by atoms with van der Waals surface area (Å²) < 4.78 is 1.81. The van der Waals surface area contributed by atoms with Gasteiger partial charge >= 0.3 is 0 Å². The van der Waals surface area contributed by atoms with Gasteiger partial charge in [0.25, 0.3) is 5.56 Å². The van der Waals surface area contributed by atoms with E-state index in [4.69, 9.17) is 0 Å². The van der Waals surface area contributed by atoms with E-state index in [0.717, 1.165) is 19.6 Å². The molecular formula is C16H26N4O. The van der Waals surface area contributed by atoms with Gasteiger partial charge in [-0.1, -0.05) is 13.8 Å². The van der Waals surface area contributed by atoms with E-state index >= 15 is 0 Å². The summed E-state index contributed by atoms with van der Waals surface area (Å²) in [5.74, 6) is 1.11. The Hall–Kier alpha value is -1.36. The van der Waals surface area contributed by atoms with E-state index in [-0.39, 0.29) is 5.56 Å². The Balaban J connectivity index is 1.83. The van der Waals surface area contributed by atoms with Gasteiger partial charge in [0.15, 0.2) is 5.82 Å². The van der Waals surface area contributed by atoms with Crippen molar-refractivity contribution in [1.82, 2.24) is 14.9 Å². The van der Waals surface area contributed by atoms with Crippen molar-refractivity contribution in [2.45, 2.75) is 58.2 Å². The predicted octanol–water partition coefficient (Wildman–Crippen LogP) is 1.62.